The van der Waals surface area contributed by atoms with Crippen molar-refractivity contribution in [3.05, 3.63) is 56.8 Å². The number of ether oxygens (including phenoxy) is 1. The number of halogens is 2. The summed E-state index contributed by atoms with van der Waals surface area (Å²) in [5.74, 6) is -0.314. The maximum Gasteiger partial charge on any atom is 0.340 e. The lowest BCUT2D eigenvalue weighted by molar-refractivity contribution is 0.0524. The molecule has 2 aromatic rings. The molecule has 0 saturated heterocycles. The van der Waals surface area contributed by atoms with E-state index in [0.29, 0.717) is 28.6 Å². The molecule has 0 unspecified atom stereocenters. The Morgan fingerprint density at radius 2 is 2.05 bits per heavy atom. The summed E-state index contributed by atoms with van der Waals surface area (Å²) < 4.78 is 5.08. The first-order valence-electron chi connectivity index (χ1n) is 6.30. The minimum atomic E-state index is -0.314. The number of esters is 1. The second-order valence-corrected chi connectivity index (χ2v) is 5.29. The molecule has 1 aromatic heterocycles. The number of carbonyl (C=O) groups is 1. The second kappa shape index (κ2) is 6.33. The van der Waals surface area contributed by atoms with Gasteiger partial charge < -0.3 is 9.72 Å². The van der Waals surface area contributed by atoms with E-state index >= 15 is 0 Å². The molecule has 0 saturated carbocycles. The van der Waals surface area contributed by atoms with Crippen molar-refractivity contribution < 1.29 is 9.53 Å². The van der Waals surface area contributed by atoms with Crippen molar-refractivity contribution in [3.63, 3.8) is 0 Å². The minimum absolute atomic E-state index is 0.314. The lowest BCUT2D eigenvalue weighted by atomic mass is 10.0. The van der Waals surface area contributed by atoms with Gasteiger partial charge in [0.05, 0.1) is 12.2 Å². The minimum Gasteiger partial charge on any atom is -0.462 e. The van der Waals surface area contributed by atoms with Gasteiger partial charge in [0.15, 0.2) is 0 Å². The number of rotatable bonds is 4. The predicted molar refractivity (Wildman–Crippen MR) is 80.8 cm³/mol. The van der Waals surface area contributed by atoms with Crippen LogP contribution in [0.15, 0.2) is 24.4 Å². The van der Waals surface area contributed by atoms with Crippen LogP contribution in [0.1, 0.15) is 34.1 Å². The molecule has 1 aromatic carbocycles. The number of hydrogen-bond donors (Lipinski definition) is 1. The highest BCUT2D eigenvalue weighted by molar-refractivity contribution is 6.35. The number of carbonyl (C=O) groups excluding carboxylic acids is 1. The van der Waals surface area contributed by atoms with Gasteiger partial charge in [-0.1, -0.05) is 29.3 Å². The van der Waals surface area contributed by atoms with Crippen LogP contribution >= 0.6 is 23.2 Å². The zero-order valence-electron chi connectivity index (χ0n) is 11.3. The van der Waals surface area contributed by atoms with Crippen LogP contribution in [0.4, 0.5) is 0 Å². The number of nitrogens with one attached hydrogen (secondary N) is 1. The van der Waals surface area contributed by atoms with Crippen molar-refractivity contribution in [2.24, 2.45) is 0 Å². The van der Waals surface area contributed by atoms with Crippen LogP contribution in [0.3, 0.4) is 0 Å². The predicted octanol–water partition coefficient (Wildman–Crippen LogP) is 4.40. The Hall–Kier alpha value is -1.45. The van der Waals surface area contributed by atoms with Crippen molar-refractivity contribution in [3.8, 4) is 0 Å². The van der Waals surface area contributed by atoms with E-state index in [1.165, 1.54) is 0 Å². The van der Waals surface area contributed by atoms with Crippen molar-refractivity contribution in [2.45, 2.75) is 20.3 Å². The number of aryl methyl sites for hydroxylation is 1. The summed E-state index contributed by atoms with van der Waals surface area (Å²) in [7, 11) is 0. The summed E-state index contributed by atoms with van der Waals surface area (Å²) >= 11 is 12.1. The summed E-state index contributed by atoms with van der Waals surface area (Å²) in [4.78, 5) is 15.0. The third kappa shape index (κ3) is 3.17. The van der Waals surface area contributed by atoms with Crippen LogP contribution in [0.2, 0.25) is 10.0 Å². The molecule has 0 spiro atoms. The molecule has 0 amide bonds. The highest BCUT2D eigenvalue weighted by Gasteiger charge is 2.18. The maximum atomic E-state index is 12.0. The van der Waals surface area contributed by atoms with Crippen LogP contribution in [-0.2, 0) is 11.2 Å². The zero-order valence-corrected chi connectivity index (χ0v) is 12.8. The molecule has 0 radical (unpaired) electrons. The zero-order chi connectivity index (χ0) is 14.7. The Kier molecular flexibility index (Phi) is 4.73. The van der Waals surface area contributed by atoms with E-state index in [4.69, 9.17) is 27.9 Å². The number of aromatic amines is 1. The average Bonchev–Trinajstić information content (AvgIpc) is 2.74. The van der Waals surface area contributed by atoms with Crippen LogP contribution in [0.25, 0.3) is 0 Å². The van der Waals surface area contributed by atoms with Crippen LogP contribution < -0.4 is 0 Å². The molecule has 3 nitrogen and oxygen atoms in total. The standard InChI is InChI=1S/C15H15Cl2NO2/c1-3-20-15(19)14-9(2)18-8-11(14)6-10-4-5-12(16)7-13(10)17/h4-5,7-8,18H,3,6H2,1-2H3. The van der Waals surface area contributed by atoms with Gasteiger partial charge in [-0.3, -0.25) is 0 Å². The summed E-state index contributed by atoms with van der Waals surface area (Å²) in [6.07, 6.45) is 2.36. The van der Waals surface area contributed by atoms with Gasteiger partial charge in [-0.25, -0.2) is 4.79 Å². The Balaban J connectivity index is 2.32. The lowest BCUT2D eigenvalue weighted by Crippen LogP contribution is -2.08. The highest BCUT2D eigenvalue weighted by Crippen LogP contribution is 2.25. The molecule has 0 bridgehead atoms. The number of hydrogen-bond acceptors (Lipinski definition) is 2. The van der Waals surface area contributed by atoms with Crippen molar-refractivity contribution in [2.75, 3.05) is 6.61 Å². The van der Waals surface area contributed by atoms with Crippen molar-refractivity contribution in [1.82, 2.24) is 4.98 Å². The van der Waals surface area contributed by atoms with Gasteiger partial charge in [-0.15, -0.1) is 0 Å². The second-order valence-electron chi connectivity index (χ2n) is 4.45. The van der Waals surface area contributed by atoms with Crippen molar-refractivity contribution >= 4 is 29.2 Å². The van der Waals surface area contributed by atoms with Crippen molar-refractivity contribution in [1.29, 1.82) is 0 Å². The van der Waals surface area contributed by atoms with Gasteiger partial charge in [0.1, 0.15) is 0 Å². The Labute approximate surface area is 127 Å². The van der Waals surface area contributed by atoms with Gasteiger partial charge in [0.25, 0.3) is 0 Å². The SMILES string of the molecule is CCOC(=O)c1c(Cc2ccc(Cl)cc2Cl)c[nH]c1C. The van der Waals surface area contributed by atoms with Gasteiger partial charge >= 0.3 is 5.97 Å². The first-order valence-corrected chi connectivity index (χ1v) is 7.06. The van der Waals surface area contributed by atoms with Crippen LogP contribution in [0, 0.1) is 6.92 Å². The van der Waals surface area contributed by atoms with Gasteiger partial charge in [0, 0.05) is 28.4 Å². The number of aromatic nitrogens is 1. The van der Waals surface area contributed by atoms with E-state index < -0.39 is 0 Å². The molecule has 0 aliphatic heterocycles. The molecule has 5 heteroatoms. The van der Waals surface area contributed by atoms with E-state index in [-0.39, 0.29) is 5.97 Å². The summed E-state index contributed by atoms with van der Waals surface area (Å²) in [5, 5.41) is 1.18. The lowest BCUT2D eigenvalue weighted by Gasteiger charge is -2.07. The average molecular weight is 312 g/mol. The van der Waals surface area contributed by atoms with E-state index in [1.54, 1.807) is 19.1 Å². The monoisotopic (exact) mass is 311 g/mol. The fraction of sp³-hybridized carbons (Fsp3) is 0.267. The molecule has 1 heterocycles. The van der Waals surface area contributed by atoms with Crippen LogP contribution in [-0.4, -0.2) is 17.6 Å². The van der Waals surface area contributed by atoms with E-state index in [2.05, 4.69) is 4.98 Å². The molecule has 1 N–H and O–H groups in total. The Morgan fingerprint density at radius 1 is 1.30 bits per heavy atom. The third-order valence-electron chi connectivity index (χ3n) is 3.03. The number of benzene rings is 1. The van der Waals surface area contributed by atoms with E-state index in [1.807, 2.05) is 19.2 Å². The van der Waals surface area contributed by atoms with Gasteiger partial charge in [-0.05, 0) is 37.1 Å². The molecule has 20 heavy (non-hydrogen) atoms. The molecular weight excluding hydrogens is 297 g/mol. The Morgan fingerprint density at radius 3 is 2.70 bits per heavy atom. The molecule has 2 rings (SSSR count). The normalized spacial score (nSPS) is 10.6. The smallest absolute Gasteiger partial charge is 0.340 e. The molecule has 0 aliphatic carbocycles. The molecule has 106 valence electrons. The summed E-state index contributed by atoms with van der Waals surface area (Å²) in [6, 6.07) is 5.34. The maximum absolute atomic E-state index is 12.0. The van der Waals surface area contributed by atoms with Gasteiger partial charge in [-0.2, -0.15) is 0 Å². The fourth-order valence-electron chi connectivity index (χ4n) is 2.08. The quantitative estimate of drug-likeness (QED) is 0.850. The highest BCUT2D eigenvalue weighted by atomic mass is 35.5. The number of H-pyrrole nitrogens is 1. The first kappa shape index (κ1) is 14.9. The molecular formula is C15H15Cl2NO2. The summed E-state index contributed by atoms with van der Waals surface area (Å²) in [6.45, 7) is 3.99. The summed E-state index contributed by atoms with van der Waals surface area (Å²) in [5.41, 5.74) is 3.16. The fourth-order valence-corrected chi connectivity index (χ4v) is 2.55. The molecule has 0 fully saturated rings. The topological polar surface area (TPSA) is 42.1 Å². The van der Waals surface area contributed by atoms with Crippen LogP contribution in [0.5, 0.6) is 0 Å². The molecule has 0 aliphatic rings. The molecule has 0 atom stereocenters. The van der Waals surface area contributed by atoms with Gasteiger partial charge in [0.2, 0.25) is 0 Å². The van der Waals surface area contributed by atoms with E-state index in [0.717, 1.165) is 16.8 Å². The largest absolute Gasteiger partial charge is 0.462 e. The third-order valence-corrected chi connectivity index (χ3v) is 3.62. The van der Waals surface area contributed by atoms with E-state index in [9.17, 15) is 4.79 Å². The first-order chi connectivity index (χ1) is 9.52. The Bertz CT molecular complexity index is 635.